The van der Waals surface area contributed by atoms with Crippen LogP contribution in [0.1, 0.15) is 30.6 Å². The molecule has 118 valence electrons. The summed E-state index contributed by atoms with van der Waals surface area (Å²) in [5, 5.41) is 18.0. The van der Waals surface area contributed by atoms with Crippen LogP contribution in [0.5, 0.6) is 5.75 Å². The number of ether oxygens (including phenoxy) is 1. The molecule has 0 heterocycles. The van der Waals surface area contributed by atoms with E-state index in [1.165, 1.54) is 19.1 Å². The molecule has 1 atom stereocenters. The van der Waals surface area contributed by atoms with E-state index < -0.39 is 22.0 Å². The van der Waals surface area contributed by atoms with Gasteiger partial charge in [-0.1, -0.05) is 6.92 Å². The van der Waals surface area contributed by atoms with Crippen molar-refractivity contribution in [2.45, 2.75) is 31.2 Å². The Labute approximate surface area is 123 Å². The van der Waals surface area contributed by atoms with Crippen LogP contribution in [0.4, 0.5) is 0 Å². The second-order valence-electron chi connectivity index (χ2n) is 4.52. The molecular weight excluding hydrogens is 298 g/mol. The van der Waals surface area contributed by atoms with Gasteiger partial charge in [-0.25, -0.2) is 17.9 Å². The summed E-state index contributed by atoms with van der Waals surface area (Å²) in [7, 11) is -3.89. The summed E-state index contributed by atoms with van der Waals surface area (Å²) in [6.07, 6.45) is 0.703. The van der Waals surface area contributed by atoms with Crippen LogP contribution in [-0.4, -0.2) is 43.9 Å². The molecule has 0 saturated heterocycles. The standard InChI is InChI=1S/C13H19NO6S/c1-3-6-20-12-5-4-10(7-11(12)13(16)17)21(18,19)14-9(2)8-15/h4-5,7,9,14-15H,3,6,8H2,1-2H3,(H,16,17). The van der Waals surface area contributed by atoms with Crippen molar-refractivity contribution in [2.24, 2.45) is 0 Å². The van der Waals surface area contributed by atoms with Crippen LogP contribution in [0.3, 0.4) is 0 Å². The van der Waals surface area contributed by atoms with Crippen LogP contribution in [-0.2, 0) is 10.0 Å². The van der Waals surface area contributed by atoms with Crippen molar-refractivity contribution < 1.29 is 28.2 Å². The second-order valence-corrected chi connectivity index (χ2v) is 6.23. The molecule has 0 amide bonds. The van der Waals surface area contributed by atoms with E-state index >= 15 is 0 Å². The predicted molar refractivity (Wildman–Crippen MR) is 76.1 cm³/mol. The minimum atomic E-state index is -3.89. The Morgan fingerprint density at radius 1 is 1.43 bits per heavy atom. The van der Waals surface area contributed by atoms with Crippen molar-refractivity contribution in [3.8, 4) is 5.75 Å². The zero-order valence-electron chi connectivity index (χ0n) is 11.9. The number of carboxylic acids is 1. The number of aliphatic hydroxyl groups excluding tert-OH is 1. The third-order valence-electron chi connectivity index (χ3n) is 2.58. The molecule has 8 heteroatoms. The number of aliphatic hydroxyl groups is 1. The maximum atomic E-state index is 12.0. The Morgan fingerprint density at radius 3 is 2.62 bits per heavy atom. The number of hydrogen-bond acceptors (Lipinski definition) is 5. The Bertz CT molecular complexity index is 599. The van der Waals surface area contributed by atoms with Gasteiger partial charge in [-0.15, -0.1) is 0 Å². The lowest BCUT2D eigenvalue weighted by Crippen LogP contribution is -2.35. The fourth-order valence-corrected chi connectivity index (χ4v) is 2.81. The Balaban J connectivity index is 3.16. The number of sulfonamides is 1. The van der Waals surface area contributed by atoms with Crippen LogP contribution in [0.25, 0.3) is 0 Å². The maximum Gasteiger partial charge on any atom is 0.339 e. The molecular formula is C13H19NO6S. The first-order valence-corrected chi connectivity index (χ1v) is 7.93. The number of nitrogens with one attached hydrogen (secondary N) is 1. The molecule has 0 radical (unpaired) electrons. The summed E-state index contributed by atoms with van der Waals surface area (Å²) < 4.78 is 31.6. The van der Waals surface area contributed by atoms with Gasteiger partial charge in [0.25, 0.3) is 0 Å². The van der Waals surface area contributed by atoms with Crippen molar-refractivity contribution in [3.05, 3.63) is 23.8 Å². The lowest BCUT2D eigenvalue weighted by molar-refractivity contribution is 0.0692. The van der Waals surface area contributed by atoms with Crippen LogP contribution >= 0.6 is 0 Å². The first kappa shape index (κ1) is 17.4. The van der Waals surface area contributed by atoms with Crippen molar-refractivity contribution in [1.29, 1.82) is 0 Å². The highest BCUT2D eigenvalue weighted by Gasteiger charge is 2.21. The van der Waals surface area contributed by atoms with E-state index in [1.54, 1.807) is 0 Å². The minimum Gasteiger partial charge on any atom is -0.493 e. The van der Waals surface area contributed by atoms with Gasteiger partial charge in [0.1, 0.15) is 11.3 Å². The van der Waals surface area contributed by atoms with Gasteiger partial charge in [-0.2, -0.15) is 0 Å². The van der Waals surface area contributed by atoms with E-state index in [1.807, 2.05) is 6.92 Å². The molecule has 0 aliphatic rings. The number of hydrogen-bond donors (Lipinski definition) is 3. The average molecular weight is 317 g/mol. The number of carbonyl (C=O) groups is 1. The van der Waals surface area contributed by atoms with Crippen LogP contribution in [0.15, 0.2) is 23.1 Å². The van der Waals surface area contributed by atoms with Gasteiger partial charge < -0.3 is 14.9 Å². The lowest BCUT2D eigenvalue weighted by atomic mass is 10.2. The molecule has 1 unspecified atom stereocenters. The number of aromatic carboxylic acids is 1. The SMILES string of the molecule is CCCOc1ccc(S(=O)(=O)NC(C)CO)cc1C(=O)O. The van der Waals surface area contributed by atoms with E-state index in [-0.39, 0.29) is 22.8 Å². The summed E-state index contributed by atoms with van der Waals surface area (Å²) in [4.78, 5) is 11.0. The molecule has 0 fully saturated rings. The van der Waals surface area contributed by atoms with Gasteiger partial charge in [0.15, 0.2) is 0 Å². The molecule has 0 bridgehead atoms. The van der Waals surface area contributed by atoms with E-state index in [9.17, 15) is 13.2 Å². The van der Waals surface area contributed by atoms with E-state index in [4.69, 9.17) is 14.9 Å². The molecule has 1 aromatic carbocycles. The minimum absolute atomic E-state index is 0.124. The van der Waals surface area contributed by atoms with Crippen molar-refractivity contribution in [3.63, 3.8) is 0 Å². The molecule has 0 spiro atoms. The second kappa shape index (κ2) is 7.39. The van der Waals surface area contributed by atoms with E-state index in [2.05, 4.69) is 4.72 Å². The molecule has 1 rings (SSSR count). The largest absolute Gasteiger partial charge is 0.493 e. The molecule has 1 aromatic rings. The first-order chi connectivity index (χ1) is 9.81. The normalized spacial score (nSPS) is 12.9. The zero-order valence-corrected chi connectivity index (χ0v) is 12.7. The van der Waals surface area contributed by atoms with E-state index in [0.717, 1.165) is 6.07 Å². The Morgan fingerprint density at radius 2 is 2.10 bits per heavy atom. The monoisotopic (exact) mass is 317 g/mol. The summed E-state index contributed by atoms with van der Waals surface area (Å²) in [6.45, 7) is 3.35. The first-order valence-electron chi connectivity index (χ1n) is 6.45. The summed E-state index contributed by atoms with van der Waals surface area (Å²) in [6, 6.07) is 2.96. The van der Waals surface area contributed by atoms with Gasteiger partial charge in [0.05, 0.1) is 18.1 Å². The quantitative estimate of drug-likeness (QED) is 0.654. The Kier molecular flexibility index (Phi) is 6.13. The van der Waals surface area contributed by atoms with Crippen LogP contribution in [0.2, 0.25) is 0 Å². The maximum absolute atomic E-state index is 12.0. The third kappa shape index (κ3) is 4.69. The van der Waals surface area contributed by atoms with Gasteiger partial charge in [-0.3, -0.25) is 0 Å². The molecule has 3 N–H and O–H groups in total. The van der Waals surface area contributed by atoms with Gasteiger partial charge >= 0.3 is 5.97 Å². The smallest absolute Gasteiger partial charge is 0.339 e. The number of carboxylic acid groups (broad SMARTS) is 1. The molecule has 0 aromatic heterocycles. The van der Waals surface area contributed by atoms with E-state index in [0.29, 0.717) is 13.0 Å². The molecule has 21 heavy (non-hydrogen) atoms. The summed E-state index contributed by atoms with van der Waals surface area (Å²) >= 11 is 0. The van der Waals surface area contributed by atoms with Crippen LogP contribution in [0, 0.1) is 0 Å². The summed E-state index contributed by atoms with van der Waals surface area (Å²) in [5.41, 5.74) is -0.219. The zero-order chi connectivity index (χ0) is 16.0. The van der Waals surface area contributed by atoms with Crippen molar-refractivity contribution in [1.82, 2.24) is 4.72 Å². The van der Waals surface area contributed by atoms with Crippen LogP contribution < -0.4 is 9.46 Å². The van der Waals surface area contributed by atoms with Gasteiger partial charge in [0, 0.05) is 6.04 Å². The number of rotatable bonds is 8. The highest BCUT2D eigenvalue weighted by atomic mass is 32.2. The molecule has 7 nitrogen and oxygen atoms in total. The molecule has 0 saturated carbocycles. The van der Waals surface area contributed by atoms with Gasteiger partial charge in [-0.05, 0) is 31.5 Å². The topological polar surface area (TPSA) is 113 Å². The fraction of sp³-hybridized carbons (Fsp3) is 0.462. The average Bonchev–Trinajstić information content (AvgIpc) is 2.44. The number of benzene rings is 1. The highest BCUT2D eigenvalue weighted by Crippen LogP contribution is 2.23. The fourth-order valence-electron chi connectivity index (χ4n) is 1.55. The molecule has 0 aliphatic heterocycles. The van der Waals surface area contributed by atoms with Crippen molar-refractivity contribution in [2.75, 3.05) is 13.2 Å². The lowest BCUT2D eigenvalue weighted by Gasteiger charge is -2.13. The Hall–Kier alpha value is -1.64. The summed E-state index contributed by atoms with van der Waals surface area (Å²) in [5.74, 6) is -1.15. The van der Waals surface area contributed by atoms with Crippen molar-refractivity contribution >= 4 is 16.0 Å². The third-order valence-corrected chi connectivity index (χ3v) is 4.17. The molecule has 0 aliphatic carbocycles. The predicted octanol–water partition coefficient (Wildman–Crippen LogP) is 0.833. The van der Waals surface area contributed by atoms with Gasteiger partial charge in [0.2, 0.25) is 10.0 Å². The highest BCUT2D eigenvalue weighted by molar-refractivity contribution is 7.89.